The number of nitrogens with one attached hydrogen (secondary N) is 1. The Morgan fingerprint density at radius 3 is 2.81 bits per heavy atom. The molecule has 2 aromatic rings. The molecule has 9 heteroatoms. The molecule has 3 rings (SSSR count). The van der Waals surface area contributed by atoms with Crippen molar-refractivity contribution in [2.24, 2.45) is 5.92 Å². The standard InChI is InChI=1S/C17H23N5O3S/c1-12-7-16(21-17(19-12)13-5-4-6-18-8-13)20-15-10-25-9-14(15)11-26(23,24)22(2)3/h4-8,14-15H,9-11H2,1-3H3,(H,19,20,21)/t14-,15+/m0/s1. The molecule has 0 radical (unpaired) electrons. The van der Waals surface area contributed by atoms with Crippen molar-refractivity contribution in [3.05, 3.63) is 36.3 Å². The average Bonchev–Trinajstić information content (AvgIpc) is 3.01. The summed E-state index contributed by atoms with van der Waals surface area (Å²) in [6.07, 6.45) is 3.41. The number of hydrogen-bond donors (Lipinski definition) is 1. The third-order valence-corrected chi connectivity index (χ3v) is 6.25. The lowest BCUT2D eigenvalue weighted by molar-refractivity contribution is 0.187. The first kappa shape index (κ1) is 18.7. The quantitative estimate of drug-likeness (QED) is 0.807. The zero-order valence-corrected chi connectivity index (χ0v) is 15.9. The van der Waals surface area contributed by atoms with Gasteiger partial charge in [0.2, 0.25) is 10.0 Å². The number of anilines is 1. The lowest BCUT2D eigenvalue weighted by Crippen LogP contribution is -2.37. The van der Waals surface area contributed by atoms with Gasteiger partial charge in [0.25, 0.3) is 0 Å². The highest BCUT2D eigenvalue weighted by Gasteiger charge is 2.33. The Bertz CT molecular complexity index is 858. The summed E-state index contributed by atoms with van der Waals surface area (Å²) in [6, 6.07) is 5.45. The molecule has 0 saturated carbocycles. The molecule has 26 heavy (non-hydrogen) atoms. The Kier molecular flexibility index (Phi) is 5.49. The molecule has 2 atom stereocenters. The Balaban J connectivity index is 1.79. The van der Waals surface area contributed by atoms with Gasteiger partial charge in [0, 0.05) is 49.7 Å². The average molecular weight is 377 g/mol. The van der Waals surface area contributed by atoms with Gasteiger partial charge in [0.1, 0.15) is 5.82 Å². The summed E-state index contributed by atoms with van der Waals surface area (Å²) in [5.74, 6) is 1.13. The smallest absolute Gasteiger partial charge is 0.214 e. The third-order valence-electron chi connectivity index (χ3n) is 4.29. The minimum absolute atomic E-state index is 0.0389. The highest BCUT2D eigenvalue weighted by molar-refractivity contribution is 7.89. The predicted octanol–water partition coefficient (Wildman–Crippen LogP) is 1.17. The van der Waals surface area contributed by atoms with Crippen LogP contribution in [0.5, 0.6) is 0 Å². The molecule has 140 valence electrons. The lowest BCUT2D eigenvalue weighted by Gasteiger charge is -2.21. The number of aryl methyl sites for hydroxylation is 1. The van der Waals surface area contributed by atoms with Crippen LogP contribution in [-0.4, -0.2) is 66.8 Å². The van der Waals surface area contributed by atoms with Gasteiger partial charge in [-0.05, 0) is 19.1 Å². The van der Waals surface area contributed by atoms with Gasteiger partial charge in [0.15, 0.2) is 5.82 Å². The fourth-order valence-electron chi connectivity index (χ4n) is 2.80. The van der Waals surface area contributed by atoms with Crippen LogP contribution in [-0.2, 0) is 14.8 Å². The Labute approximate surface area is 153 Å². The summed E-state index contributed by atoms with van der Waals surface area (Å²) in [7, 11) is -0.207. The normalized spacial score (nSPS) is 20.5. The van der Waals surface area contributed by atoms with Crippen LogP contribution >= 0.6 is 0 Å². The van der Waals surface area contributed by atoms with E-state index in [2.05, 4.69) is 20.3 Å². The SMILES string of the molecule is Cc1cc(N[C@@H]2COC[C@H]2CS(=O)(=O)N(C)C)nc(-c2cccnc2)n1. The maximum atomic E-state index is 12.2. The molecule has 1 aliphatic heterocycles. The topological polar surface area (TPSA) is 97.3 Å². The molecule has 1 fully saturated rings. The molecule has 8 nitrogen and oxygen atoms in total. The van der Waals surface area contributed by atoms with Gasteiger partial charge in [-0.15, -0.1) is 0 Å². The Hall–Kier alpha value is -2.10. The molecular formula is C17H23N5O3S. The van der Waals surface area contributed by atoms with Gasteiger partial charge in [-0.25, -0.2) is 22.7 Å². The number of pyridine rings is 1. The van der Waals surface area contributed by atoms with E-state index in [0.29, 0.717) is 24.9 Å². The van der Waals surface area contributed by atoms with Crippen molar-refractivity contribution in [2.45, 2.75) is 13.0 Å². The van der Waals surface area contributed by atoms with Gasteiger partial charge in [-0.2, -0.15) is 0 Å². The summed E-state index contributed by atoms with van der Waals surface area (Å²) in [6.45, 7) is 2.75. The summed E-state index contributed by atoms with van der Waals surface area (Å²) < 4.78 is 31.1. The molecule has 0 aromatic carbocycles. The first-order valence-electron chi connectivity index (χ1n) is 8.36. The van der Waals surface area contributed by atoms with Crippen molar-refractivity contribution in [3.63, 3.8) is 0 Å². The Morgan fingerprint density at radius 1 is 1.31 bits per heavy atom. The first-order valence-corrected chi connectivity index (χ1v) is 9.96. The van der Waals surface area contributed by atoms with Crippen LogP contribution in [0.25, 0.3) is 11.4 Å². The van der Waals surface area contributed by atoms with Crippen molar-refractivity contribution in [3.8, 4) is 11.4 Å². The maximum absolute atomic E-state index is 12.2. The Morgan fingerprint density at radius 2 is 2.12 bits per heavy atom. The van der Waals surface area contributed by atoms with E-state index >= 15 is 0 Å². The van der Waals surface area contributed by atoms with E-state index in [0.717, 1.165) is 11.3 Å². The molecule has 1 saturated heterocycles. The van der Waals surface area contributed by atoms with Gasteiger partial charge >= 0.3 is 0 Å². The summed E-state index contributed by atoms with van der Waals surface area (Å²) >= 11 is 0. The second kappa shape index (κ2) is 7.65. The minimum atomic E-state index is -3.29. The van der Waals surface area contributed by atoms with Gasteiger partial charge in [-0.3, -0.25) is 4.98 Å². The number of aromatic nitrogens is 3. The van der Waals surface area contributed by atoms with E-state index in [1.165, 1.54) is 4.31 Å². The van der Waals surface area contributed by atoms with Crippen LogP contribution in [0.2, 0.25) is 0 Å². The van der Waals surface area contributed by atoms with E-state index in [1.54, 1.807) is 26.5 Å². The third kappa shape index (κ3) is 4.35. The van der Waals surface area contributed by atoms with Crippen LogP contribution in [0.15, 0.2) is 30.6 Å². The van der Waals surface area contributed by atoms with E-state index < -0.39 is 10.0 Å². The fraction of sp³-hybridized carbons (Fsp3) is 0.471. The zero-order chi connectivity index (χ0) is 18.7. The van der Waals surface area contributed by atoms with Crippen molar-refractivity contribution >= 4 is 15.8 Å². The molecule has 0 spiro atoms. The van der Waals surface area contributed by atoms with Gasteiger partial charge in [-0.1, -0.05) is 0 Å². The van der Waals surface area contributed by atoms with Gasteiger partial charge < -0.3 is 10.1 Å². The van der Waals surface area contributed by atoms with Gasteiger partial charge in [0.05, 0.1) is 25.0 Å². The molecular weight excluding hydrogens is 354 g/mol. The van der Waals surface area contributed by atoms with E-state index in [4.69, 9.17) is 4.74 Å². The lowest BCUT2D eigenvalue weighted by atomic mass is 10.1. The van der Waals surface area contributed by atoms with Crippen LogP contribution in [0.3, 0.4) is 0 Å². The molecule has 0 unspecified atom stereocenters. The fourth-order valence-corrected chi connectivity index (χ4v) is 3.97. The highest BCUT2D eigenvalue weighted by atomic mass is 32.2. The molecule has 2 aromatic heterocycles. The molecule has 0 aliphatic carbocycles. The van der Waals surface area contributed by atoms with Crippen molar-refractivity contribution < 1.29 is 13.2 Å². The predicted molar refractivity (Wildman–Crippen MR) is 99.2 cm³/mol. The van der Waals surface area contributed by atoms with Crippen molar-refractivity contribution in [1.82, 2.24) is 19.3 Å². The second-order valence-corrected chi connectivity index (χ2v) is 8.80. The largest absolute Gasteiger partial charge is 0.379 e. The minimum Gasteiger partial charge on any atom is -0.379 e. The number of nitrogens with zero attached hydrogens (tertiary/aromatic N) is 4. The molecule has 0 bridgehead atoms. The van der Waals surface area contributed by atoms with Crippen molar-refractivity contribution in [2.75, 3.05) is 38.4 Å². The number of rotatable bonds is 6. The molecule has 1 aliphatic rings. The van der Waals surface area contributed by atoms with Crippen LogP contribution in [0.1, 0.15) is 5.69 Å². The van der Waals surface area contributed by atoms with E-state index in [-0.39, 0.29) is 17.7 Å². The van der Waals surface area contributed by atoms with Crippen LogP contribution in [0, 0.1) is 12.8 Å². The first-order chi connectivity index (χ1) is 12.3. The van der Waals surface area contributed by atoms with E-state index in [1.807, 2.05) is 25.1 Å². The van der Waals surface area contributed by atoms with Crippen LogP contribution in [0.4, 0.5) is 5.82 Å². The highest BCUT2D eigenvalue weighted by Crippen LogP contribution is 2.22. The summed E-state index contributed by atoms with van der Waals surface area (Å²) in [5.41, 5.74) is 1.64. The number of ether oxygens (including phenoxy) is 1. The maximum Gasteiger partial charge on any atom is 0.214 e. The number of sulfonamides is 1. The monoisotopic (exact) mass is 377 g/mol. The summed E-state index contributed by atoms with van der Waals surface area (Å²) in [5, 5.41) is 3.32. The zero-order valence-electron chi connectivity index (χ0n) is 15.1. The number of hydrogen-bond acceptors (Lipinski definition) is 7. The summed E-state index contributed by atoms with van der Waals surface area (Å²) in [4.78, 5) is 13.1. The molecule has 3 heterocycles. The van der Waals surface area contributed by atoms with Crippen molar-refractivity contribution in [1.29, 1.82) is 0 Å². The molecule has 1 N–H and O–H groups in total. The molecule has 0 amide bonds. The van der Waals surface area contributed by atoms with E-state index in [9.17, 15) is 8.42 Å². The second-order valence-electron chi connectivity index (χ2n) is 6.57. The van der Waals surface area contributed by atoms with Crippen LogP contribution < -0.4 is 5.32 Å².